The maximum absolute atomic E-state index is 12.8. The van der Waals surface area contributed by atoms with Gasteiger partial charge in [-0.2, -0.15) is 5.10 Å². The van der Waals surface area contributed by atoms with Gasteiger partial charge in [-0.1, -0.05) is 12.1 Å². The van der Waals surface area contributed by atoms with E-state index in [0.29, 0.717) is 24.0 Å². The van der Waals surface area contributed by atoms with Crippen LogP contribution in [0.4, 0.5) is 0 Å². The minimum absolute atomic E-state index is 0.168. The summed E-state index contributed by atoms with van der Waals surface area (Å²) in [6.07, 6.45) is 6.63. The van der Waals surface area contributed by atoms with Crippen molar-refractivity contribution in [3.63, 3.8) is 0 Å². The average molecular weight is 610 g/mol. The number of aromatic nitrogens is 6. The highest BCUT2D eigenvalue weighted by atomic mass is 16.6. The van der Waals surface area contributed by atoms with Gasteiger partial charge in [0.15, 0.2) is 5.65 Å². The molecule has 2 fully saturated rings. The van der Waals surface area contributed by atoms with Gasteiger partial charge in [-0.25, -0.2) is 24.3 Å². The highest BCUT2D eigenvalue weighted by Crippen LogP contribution is 2.30. The van der Waals surface area contributed by atoms with Crippen molar-refractivity contribution in [1.82, 2.24) is 34.0 Å². The summed E-state index contributed by atoms with van der Waals surface area (Å²) in [5.74, 6) is 1.66. The number of ether oxygens (including phenoxy) is 3. The first-order valence-corrected chi connectivity index (χ1v) is 15.7. The van der Waals surface area contributed by atoms with E-state index in [1.54, 1.807) is 10.8 Å². The highest BCUT2D eigenvalue weighted by Gasteiger charge is 2.27. The Morgan fingerprint density at radius 1 is 1.04 bits per heavy atom. The fourth-order valence-electron chi connectivity index (χ4n) is 6.09. The number of carbonyl (C=O) groups is 1. The number of hydrogen-bond acceptors (Lipinski definition) is 9. The fourth-order valence-corrected chi connectivity index (χ4v) is 6.09. The van der Waals surface area contributed by atoms with Crippen molar-refractivity contribution in [1.29, 1.82) is 0 Å². The SMILES string of the molecule is CC(C)(C)OC(=O)c1ccc2nc(CN3CCC(c4cccc(OCc5cccn6ncnc56)n4)CC3)n(C[C@@H]3CCO3)c2c1. The number of rotatable bonds is 9. The third-order valence-corrected chi connectivity index (χ3v) is 8.52. The number of piperidine rings is 1. The molecule has 0 radical (unpaired) electrons. The smallest absolute Gasteiger partial charge is 0.338 e. The van der Waals surface area contributed by atoms with Gasteiger partial charge in [0.2, 0.25) is 5.88 Å². The molecule has 0 aliphatic carbocycles. The molecule has 234 valence electrons. The van der Waals surface area contributed by atoms with Crippen molar-refractivity contribution in [2.45, 2.75) is 77.4 Å². The average Bonchev–Trinajstić information content (AvgIpc) is 3.62. The van der Waals surface area contributed by atoms with Gasteiger partial charge < -0.3 is 18.8 Å². The van der Waals surface area contributed by atoms with E-state index in [9.17, 15) is 4.79 Å². The van der Waals surface area contributed by atoms with E-state index in [4.69, 9.17) is 24.2 Å². The summed E-state index contributed by atoms with van der Waals surface area (Å²) >= 11 is 0. The molecule has 2 aliphatic heterocycles. The summed E-state index contributed by atoms with van der Waals surface area (Å²) < 4.78 is 21.5. The van der Waals surface area contributed by atoms with Crippen LogP contribution in [0.25, 0.3) is 16.7 Å². The monoisotopic (exact) mass is 609 g/mol. The van der Waals surface area contributed by atoms with Crippen molar-refractivity contribution < 1.29 is 19.0 Å². The van der Waals surface area contributed by atoms with Crippen molar-refractivity contribution in [3.05, 3.63) is 83.7 Å². The molecule has 0 N–H and O–H groups in total. The van der Waals surface area contributed by atoms with Gasteiger partial charge in [0.05, 0.1) is 35.8 Å². The predicted molar refractivity (Wildman–Crippen MR) is 168 cm³/mol. The summed E-state index contributed by atoms with van der Waals surface area (Å²) in [6.45, 7) is 10.2. The molecule has 11 nitrogen and oxygen atoms in total. The second kappa shape index (κ2) is 12.2. The largest absolute Gasteiger partial charge is 0.473 e. The van der Waals surface area contributed by atoms with Crippen molar-refractivity contribution >= 4 is 22.6 Å². The summed E-state index contributed by atoms with van der Waals surface area (Å²) in [6, 6.07) is 15.6. The standard InChI is InChI=1S/C34H39N7O4/c1-34(2,3)45-33(42)24-9-10-28-29(18-24)40(19-26-13-17-43-26)30(37-28)20-39-15-11-23(12-16-39)27-7-4-8-31(38-27)44-21-25-6-5-14-41-32(25)35-22-36-41/h4-10,14,18,22-23,26H,11-13,15-17,19-21H2,1-3H3/t26-/m0/s1. The van der Waals surface area contributed by atoms with Gasteiger partial charge in [-0.05, 0) is 83.5 Å². The van der Waals surface area contributed by atoms with E-state index in [1.807, 2.05) is 69.4 Å². The quantitative estimate of drug-likeness (QED) is 0.209. The van der Waals surface area contributed by atoms with Crippen molar-refractivity contribution in [2.24, 2.45) is 0 Å². The number of nitrogens with zero attached hydrogens (tertiary/aromatic N) is 7. The van der Waals surface area contributed by atoms with E-state index in [-0.39, 0.29) is 12.1 Å². The third kappa shape index (κ3) is 6.55. The lowest BCUT2D eigenvalue weighted by Crippen LogP contribution is -2.35. The van der Waals surface area contributed by atoms with Crippen LogP contribution in [0.1, 0.15) is 73.4 Å². The van der Waals surface area contributed by atoms with Gasteiger partial charge in [-0.15, -0.1) is 0 Å². The first-order valence-electron chi connectivity index (χ1n) is 15.7. The van der Waals surface area contributed by atoms with E-state index < -0.39 is 5.60 Å². The maximum atomic E-state index is 12.8. The normalized spacial score (nSPS) is 17.9. The molecule has 0 bridgehead atoms. The zero-order valence-corrected chi connectivity index (χ0v) is 26.1. The highest BCUT2D eigenvalue weighted by molar-refractivity contribution is 5.94. The molecule has 2 aliphatic rings. The Balaban J connectivity index is 1.02. The second-order valence-electron chi connectivity index (χ2n) is 12.9. The Labute approximate surface area is 262 Å². The lowest BCUT2D eigenvalue weighted by Gasteiger charge is -2.32. The number of benzene rings is 1. The Morgan fingerprint density at radius 3 is 2.67 bits per heavy atom. The van der Waals surface area contributed by atoms with Crippen LogP contribution < -0.4 is 4.74 Å². The van der Waals surface area contributed by atoms with Crippen LogP contribution in [-0.4, -0.2) is 71.4 Å². The Hall–Kier alpha value is -4.35. The number of imidazole rings is 1. The van der Waals surface area contributed by atoms with Gasteiger partial charge in [0.1, 0.15) is 24.4 Å². The van der Waals surface area contributed by atoms with E-state index in [2.05, 4.69) is 25.6 Å². The van der Waals surface area contributed by atoms with E-state index >= 15 is 0 Å². The fraction of sp³-hybridized carbons (Fsp3) is 0.441. The third-order valence-electron chi connectivity index (χ3n) is 8.52. The zero-order valence-electron chi connectivity index (χ0n) is 26.1. The molecule has 0 spiro atoms. The molecule has 0 saturated carbocycles. The molecular formula is C34H39N7O4. The molecule has 4 aromatic heterocycles. The maximum Gasteiger partial charge on any atom is 0.338 e. The molecule has 2 saturated heterocycles. The summed E-state index contributed by atoms with van der Waals surface area (Å²) in [5.41, 5.74) is 4.63. The number of esters is 1. The summed E-state index contributed by atoms with van der Waals surface area (Å²) in [7, 11) is 0. The van der Waals surface area contributed by atoms with E-state index in [1.165, 1.54) is 0 Å². The minimum atomic E-state index is -0.555. The number of fused-ring (bicyclic) bond motifs is 2. The van der Waals surface area contributed by atoms with Crippen LogP contribution in [-0.2, 0) is 29.2 Å². The van der Waals surface area contributed by atoms with Crippen LogP contribution in [0.5, 0.6) is 5.88 Å². The molecule has 1 atom stereocenters. The van der Waals surface area contributed by atoms with Crippen LogP contribution in [0.2, 0.25) is 0 Å². The van der Waals surface area contributed by atoms with E-state index in [0.717, 1.165) is 85.8 Å². The summed E-state index contributed by atoms with van der Waals surface area (Å²) in [4.78, 5) is 29.5. The molecule has 0 unspecified atom stereocenters. The van der Waals surface area contributed by atoms with Crippen molar-refractivity contribution in [3.8, 4) is 5.88 Å². The molecule has 6 heterocycles. The Morgan fingerprint density at radius 2 is 1.89 bits per heavy atom. The van der Waals surface area contributed by atoms with Gasteiger partial charge in [0, 0.05) is 36.0 Å². The number of pyridine rings is 2. The molecule has 1 aromatic carbocycles. The van der Waals surface area contributed by atoms with Gasteiger partial charge in [-0.3, -0.25) is 4.90 Å². The minimum Gasteiger partial charge on any atom is -0.473 e. The lowest BCUT2D eigenvalue weighted by molar-refractivity contribution is -0.0592. The zero-order chi connectivity index (χ0) is 31.0. The molecular weight excluding hydrogens is 570 g/mol. The molecule has 0 amide bonds. The van der Waals surface area contributed by atoms with Crippen LogP contribution >= 0.6 is 0 Å². The Kier molecular flexibility index (Phi) is 7.97. The number of likely N-dealkylation sites (tertiary alicyclic amines) is 1. The Bertz CT molecular complexity index is 1810. The van der Waals surface area contributed by atoms with Gasteiger partial charge >= 0.3 is 5.97 Å². The lowest BCUT2D eigenvalue weighted by atomic mass is 9.93. The molecule has 5 aromatic rings. The molecule has 45 heavy (non-hydrogen) atoms. The first-order chi connectivity index (χ1) is 21.8. The number of carbonyl (C=O) groups excluding carboxylic acids is 1. The topological polar surface area (TPSA) is 109 Å². The van der Waals surface area contributed by atoms with Gasteiger partial charge in [0.25, 0.3) is 0 Å². The summed E-state index contributed by atoms with van der Waals surface area (Å²) in [5, 5.41) is 4.20. The van der Waals surface area contributed by atoms with Crippen LogP contribution in [0.3, 0.4) is 0 Å². The van der Waals surface area contributed by atoms with Crippen LogP contribution in [0, 0.1) is 0 Å². The first kappa shape index (κ1) is 29.4. The van der Waals surface area contributed by atoms with Crippen molar-refractivity contribution in [2.75, 3.05) is 19.7 Å². The number of hydrogen-bond donors (Lipinski definition) is 0. The predicted octanol–water partition coefficient (Wildman–Crippen LogP) is 5.18. The molecule has 7 rings (SSSR count). The second-order valence-corrected chi connectivity index (χ2v) is 12.9. The molecule has 11 heteroatoms. The van der Waals surface area contributed by atoms with Crippen LogP contribution in [0.15, 0.2) is 61.1 Å².